The number of nitrogens with one attached hydrogen (secondary N) is 1. The Morgan fingerprint density at radius 3 is 2.82 bits per heavy atom. The van der Waals surface area contributed by atoms with Crippen molar-refractivity contribution in [2.24, 2.45) is 0 Å². The van der Waals surface area contributed by atoms with E-state index in [4.69, 9.17) is 11.6 Å². The molecule has 0 saturated carbocycles. The Morgan fingerprint density at radius 1 is 1.47 bits per heavy atom. The van der Waals surface area contributed by atoms with Crippen molar-refractivity contribution in [2.45, 2.75) is 38.6 Å². The lowest BCUT2D eigenvalue weighted by Gasteiger charge is -2.31. The highest BCUT2D eigenvalue weighted by Crippen LogP contribution is 2.44. The molecule has 2 rings (SSSR count). The first-order chi connectivity index (χ1) is 8.06. The van der Waals surface area contributed by atoms with E-state index in [1.807, 2.05) is 0 Å². The van der Waals surface area contributed by atoms with Crippen LogP contribution in [-0.4, -0.2) is 6.54 Å². The second-order valence-corrected chi connectivity index (χ2v) is 5.80. The van der Waals surface area contributed by atoms with Gasteiger partial charge in [-0.2, -0.15) is 0 Å². The van der Waals surface area contributed by atoms with Crippen LogP contribution in [0.2, 0.25) is 5.02 Å². The van der Waals surface area contributed by atoms with Crippen molar-refractivity contribution in [1.29, 1.82) is 0 Å². The molecule has 1 aromatic carbocycles. The summed E-state index contributed by atoms with van der Waals surface area (Å²) in [5.74, 6) is 0.0943. The summed E-state index contributed by atoms with van der Waals surface area (Å²) in [6.07, 6.45) is 2.01. The predicted octanol–water partition coefficient (Wildman–Crippen LogP) is 4.79. The normalized spacial score (nSPS) is 23.6. The van der Waals surface area contributed by atoms with Crippen molar-refractivity contribution in [3.05, 3.63) is 32.5 Å². The van der Waals surface area contributed by atoms with Crippen LogP contribution in [0.4, 0.5) is 4.39 Å². The summed E-state index contributed by atoms with van der Waals surface area (Å²) < 4.78 is 14.7. The van der Waals surface area contributed by atoms with Crippen LogP contribution in [0.15, 0.2) is 10.5 Å². The molecule has 0 saturated heterocycles. The second kappa shape index (κ2) is 5.25. The van der Waals surface area contributed by atoms with Crippen LogP contribution in [0, 0.1) is 5.82 Å². The minimum Gasteiger partial charge on any atom is -0.310 e. The summed E-state index contributed by atoms with van der Waals surface area (Å²) in [5, 5.41) is 4.04. The first kappa shape index (κ1) is 13.3. The monoisotopic (exact) mass is 319 g/mol. The fraction of sp³-hybridized carbons (Fsp3) is 0.538. The molecule has 4 heteroatoms. The van der Waals surface area contributed by atoms with E-state index in [2.05, 4.69) is 35.1 Å². The molecule has 2 atom stereocenters. The zero-order valence-electron chi connectivity index (χ0n) is 9.99. The Balaban J connectivity index is 2.59. The lowest BCUT2D eigenvalue weighted by atomic mass is 9.80. The van der Waals surface area contributed by atoms with Crippen LogP contribution < -0.4 is 5.32 Å². The maximum absolute atomic E-state index is 14.1. The van der Waals surface area contributed by atoms with Crippen LogP contribution in [0.5, 0.6) is 0 Å². The smallest absolute Gasteiger partial charge is 0.128 e. The van der Waals surface area contributed by atoms with E-state index in [0.717, 1.165) is 30.5 Å². The number of hydrogen-bond donors (Lipinski definition) is 1. The quantitative estimate of drug-likeness (QED) is 0.773. The molecule has 0 fully saturated rings. The van der Waals surface area contributed by atoms with Gasteiger partial charge in [0, 0.05) is 10.5 Å². The van der Waals surface area contributed by atoms with Gasteiger partial charge in [0.05, 0.1) is 5.02 Å². The van der Waals surface area contributed by atoms with Gasteiger partial charge in [-0.15, -0.1) is 0 Å². The summed E-state index contributed by atoms with van der Waals surface area (Å²) in [7, 11) is 0. The molecule has 2 unspecified atom stereocenters. The number of halogens is 3. The summed E-state index contributed by atoms with van der Waals surface area (Å²) in [5.41, 5.74) is 1.73. The van der Waals surface area contributed by atoms with Crippen molar-refractivity contribution in [3.63, 3.8) is 0 Å². The SMILES string of the molecule is CCNC1CCC(C)c2c(F)cc(Br)c(Cl)c21. The molecule has 0 aliphatic heterocycles. The average molecular weight is 321 g/mol. The molecule has 1 N–H and O–H groups in total. The highest BCUT2D eigenvalue weighted by molar-refractivity contribution is 9.10. The molecule has 1 aliphatic rings. The first-order valence-corrected chi connectivity index (χ1v) is 7.14. The van der Waals surface area contributed by atoms with E-state index in [-0.39, 0.29) is 17.8 Å². The Kier molecular flexibility index (Phi) is 4.11. The summed E-state index contributed by atoms with van der Waals surface area (Å²) in [4.78, 5) is 0. The number of benzene rings is 1. The van der Waals surface area contributed by atoms with Crippen LogP contribution in [-0.2, 0) is 0 Å². The van der Waals surface area contributed by atoms with Gasteiger partial charge in [-0.1, -0.05) is 25.4 Å². The largest absolute Gasteiger partial charge is 0.310 e. The summed E-state index contributed by atoms with van der Waals surface area (Å²) in [6.45, 7) is 4.98. The minimum atomic E-state index is -0.147. The van der Waals surface area contributed by atoms with E-state index in [0.29, 0.717) is 9.50 Å². The van der Waals surface area contributed by atoms with Crippen LogP contribution in [0.1, 0.15) is 49.8 Å². The molecule has 17 heavy (non-hydrogen) atoms. The summed E-state index contributed by atoms with van der Waals surface area (Å²) >= 11 is 9.65. The maximum atomic E-state index is 14.1. The van der Waals surface area contributed by atoms with Gasteiger partial charge in [-0.05, 0) is 58.4 Å². The van der Waals surface area contributed by atoms with E-state index in [9.17, 15) is 4.39 Å². The zero-order valence-corrected chi connectivity index (χ0v) is 12.3. The molecule has 0 bridgehead atoms. The maximum Gasteiger partial charge on any atom is 0.128 e. The Labute approximate surface area is 115 Å². The second-order valence-electron chi connectivity index (χ2n) is 4.57. The molecule has 1 aliphatic carbocycles. The van der Waals surface area contributed by atoms with Gasteiger partial charge in [-0.3, -0.25) is 0 Å². The van der Waals surface area contributed by atoms with E-state index >= 15 is 0 Å². The Morgan fingerprint density at radius 2 is 2.18 bits per heavy atom. The van der Waals surface area contributed by atoms with Gasteiger partial charge < -0.3 is 5.32 Å². The molecule has 0 heterocycles. The Hall–Kier alpha value is -0.120. The van der Waals surface area contributed by atoms with Crippen molar-refractivity contribution >= 4 is 27.5 Å². The first-order valence-electron chi connectivity index (χ1n) is 5.96. The molecule has 1 aromatic rings. The van der Waals surface area contributed by atoms with E-state index in [1.165, 1.54) is 6.07 Å². The fourth-order valence-corrected chi connectivity index (χ4v) is 3.33. The van der Waals surface area contributed by atoms with Gasteiger partial charge in [0.25, 0.3) is 0 Å². The average Bonchev–Trinajstić information content (AvgIpc) is 2.28. The molecule has 0 spiro atoms. The molecule has 94 valence electrons. The predicted molar refractivity (Wildman–Crippen MR) is 73.2 cm³/mol. The van der Waals surface area contributed by atoms with Crippen LogP contribution >= 0.6 is 27.5 Å². The van der Waals surface area contributed by atoms with Gasteiger partial charge in [-0.25, -0.2) is 4.39 Å². The third kappa shape index (κ3) is 2.38. The van der Waals surface area contributed by atoms with Crippen molar-refractivity contribution in [1.82, 2.24) is 5.32 Å². The van der Waals surface area contributed by atoms with Crippen molar-refractivity contribution in [3.8, 4) is 0 Å². The highest BCUT2D eigenvalue weighted by Gasteiger charge is 2.30. The molecule has 1 nitrogen and oxygen atoms in total. The number of fused-ring (bicyclic) bond motifs is 1. The third-order valence-corrected chi connectivity index (χ3v) is 4.69. The van der Waals surface area contributed by atoms with Gasteiger partial charge in [0.15, 0.2) is 0 Å². The highest BCUT2D eigenvalue weighted by atomic mass is 79.9. The third-order valence-electron chi connectivity index (χ3n) is 3.43. The van der Waals surface area contributed by atoms with Gasteiger partial charge in [0.1, 0.15) is 5.82 Å². The number of rotatable bonds is 2. The van der Waals surface area contributed by atoms with E-state index in [1.54, 1.807) is 0 Å². The Bertz CT molecular complexity index is 436. The zero-order chi connectivity index (χ0) is 12.6. The lowest BCUT2D eigenvalue weighted by molar-refractivity contribution is 0.426. The van der Waals surface area contributed by atoms with Crippen LogP contribution in [0.25, 0.3) is 0 Å². The van der Waals surface area contributed by atoms with Gasteiger partial charge >= 0.3 is 0 Å². The van der Waals surface area contributed by atoms with Crippen LogP contribution in [0.3, 0.4) is 0 Å². The molecule has 0 amide bonds. The minimum absolute atomic E-state index is 0.147. The number of hydrogen-bond acceptors (Lipinski definition) is 1. The van der Waals surface area contributed by atoms with E-state index < -0.39 is 0 Å². The summed E-state index contributed by atoms with van der Waals surface area (Å²) in [6, 6.07) is 1.65. The molecule has 0 radical (unpaired) electrons. The topological polar surface area (TPSA) is 12.0 Å². The van der Waals surface area contributed by atoms with Crippen molar-refractivity contribution < 1.29 is 4.39 Å². The van der Waals surface area contributed by atoms with Crippen molar-refractivity contribution in [2.75, 3.05) is 6.54 Å². The fourth-order valence-electron chi connectivity index (χ4n) is 2.63. The molecular weight excluding hydrogens is 305 g/mol. The standard InChI is InChI=1S/C13H16BrClFN/c1-3-17-10-5-4-7(2)11-9(16)6-8(14)13(15)12(10)11/h6-7,10,17H,3-5H2,1-2H3. The van der Waals surface area contributed by atoms with Gasteiger partial charge in [0.2, 0.25) is 0 Å². The molecular formula is C13H16BrClFN. The molecule has 0 aromatic heterocycles. The lowest BCUT2D eigenvalue weighted by Crippen LogP contribution is -2.27.